The quantitative estimate of drug-likeness (QED) is 0.668. The molecule has 2 aromatic rings. The molecule has 8 heteroatoms. The van der Waals surface area contributed by atoms with Crippen LogP contribution in [0.3, 0.4) is 0 Å². The molecule has 0 bridgehead atoms. The van der Waals surface area contributed by atoms with Crippen LogP contribution in [0.1, 0.15) is 5.76 Å². The van der Waals surface area contributed by atoms with E-state index in [0.717, 1.165) is 11.8 Å². The van der Waals surface area contributed by atoms with E-state index in [1.807, 2.05) is 0 Å². The minimum absolute atomic E-state index is 0.211. The molecule has 2 heterocycles. The zero-order chi connectivity index (χ0) is 17.1. The maximum atomic E-state index is 12.9. The van der Waals surface area contributed by atoms with Crippen LogP contribution in [0.5, 0.6) is 0 Å². The topological polar surface area (TPSA) is 62.6 Å². The third kappa shape index (κ3) is 3.72. The van der Waals surface area contributed by atoms with Gasteiger partial charge in [0.25, 0.3) is 5.91 Å². The van der Waals surface area contributed by atoms with Crippen LogP contribution in [-0.4, -0.2) is 27.6 Å². The van der Waals surface area contributed by atoms with Crippen molar-refractivity contribution in [1.29, 1.82) is 0 Å². The van der Waals surface area contributed by atoms with E-state index in [1.165, 1.54) is 35.4 Å². The van der Waals surface area contributed by atoms with Crippen LogP contribution >= 0.6 is 24.0 Å². The Morgan fingerprint density at radius 1 is 1.33 bits per heavy atom. The van der Waals surface area contributed by atoms with E-state index in [-0.39, 0.29) is 12.5 Å². The molecule has 5 nitrogen and oxygen atoms in total. The van der Waals surface area contributed by atoms with Crippen LogP contribution in [0.4, 0.5) is 10.1 Å². The molecule has 0 aliphatic carbocycles. The molecule has 2 amide bonds. The van der Waals surface area contributed by atoms with Gasteiger partial charge in [0.15, 0.2) is 0 Å². The molecular formula is C16H11FN2O3S2. The molecule has 1 aromatic heterocycles. The zero-order valence-corrected chi connectivity index (χ0v) is 13.8. The Morgan fingerprint density at radius 2 is 2.08 bits per heavy atom. The summed E-state index contributed by atoms with van der Waals surface area (Å²) in [5, 5.41) is 2.59. The van der Waals surface area contributed by atoms with Gasteiger partial charge >= 0.3 is 0 Å². The molecule has 1 saturated heterocycles. The smallest absolute Gasteiger partial charge is 0.266 e. The molecule has 1 aromatic carbocycles. The summed E-state index contributed by atoms with van der Waals surface area (Å²) < 4.78 is 18.3. The van der Waals surface area contributed by atoms with Gasteiger partial charge in [0.2, 0.25) is 5.91 Å². The SMILES string of the molecule is O=C(CN1C(=O)/C(=C/c2ccco2)SC1=S)Nc1ccc(F)cc1. The fourth-order valence-corrected chi connectivity index (χ4v) is 3.25. The summed E-state index contributed by atoms with van der Waals surface area (Å²) in [5.74, 6) is -0.632. The number of amides is 2. The van der Waals surface area contributed by atoms with Gasteiger partial charge in [0.05, 0.1) is 11.2 Å². The van der Waals surface area contributed by atoms with Crippen LogP contribution < -0.4 is 5.32 Å². The van der Waals surface area contributed by atoms with E-state index >= 15 is 0 Å². The van der Waals surface area contributed by atoms with Crippen molar-refractivity contribution in [2.45, 2.75) is 0 Å². The van der Waals surface area contributed by atoms with Crippen LogP contribution in [-0.2, 0) is 9.59 Å². The molecule has 0 unspecified atom stereocenters. The lowest BCUT2D eigenvalue weighted by Gasteiger charge is -2.14. The van der Waals surface area contributed by atoms with Gasteiger partial charge in [-0.15, -0.1) is 0 Å². The lowest BCUT2D eigenvalue weighted by atomic mass is 10.3. The summed E-state index contributed by atoms with van der Waals surface area (Å²) >= 11 is 6.27. The Bertz CT molecular complexity index is 816. The van der Waals surface area contributed by atoms with Gasteiger partial charge in [-0.2, -0.15) is 0 Å². The van der Waals surface area contributed by atoms with E-state index in [2.05, 4.69) is 5.32 Å². The summed E-state index contributed by atoms with van der Waals surface area (Å²) in [6, 6.07) is 8.78. The molecule has 0 spiro atoms. The number of furan rings is 1. The molecule has 1 fully saturated rings. The normalized spacial score (nSPS) is 16.0. The number of thiocarbonyl (C=S) groups is 1. The first kappa shape index (κ1) is 16.4. The van der Waals surface area contributed by atoms with Crippen LogP contribution in [0.2, 0.25) is 0 Å². The lowest BCUT2D eigenvalue weighted by molar-refractivity contribution is -0.126. The third-order valence-electron chi connectivity index (χ3n) is 3.12. The first-order chi connectivity index (χ1) is 11.5. The van der Waals surface area contributed by atoms with Crippen molar-refractivity contribution in [3.63, 3.8) is 0 Å². The van der Waals surface area contributed by atoms with E-state index in [4.69, 9.17) is 16.6 Å². The summed E-state index contributed by atoms with van der Waals surface area (Å²) in [4.78, 5) is 26.0. The highest BCUT2D eigenvalue weighted by Gasteiger charge is 2.33. The number of benzene rings is 1. The van der Waals surface area contributed by atoms with Gasteiger partial charge in [-0.1, -0.05) is 24.0 Å². The Morgan fingerprint density at radius 3 is 2.75 bits per heavy atom. The molecule has 122 valence electrons. The second-order valence-electron chi connectivity index (χ2n) is 4.84. The van der Waals surface area contributed by atoms with Crippen molar-refractivity contribution in [3.8, 4) is 0 Å². The van der Waals surface area contributed by atoms with Gasteiger partial charge in [-0.05, 0) is 36.4 Å². The van der Waals surface area contributed by atoms with Gasteiger partial charge in [0, 0.05) is 11.8 Å². The molecule has 1 aliphatic heterocycles. The van der Waals surface area contributed by atoms with Gasteiger partial charge in [-0.25, -0.2) is 4.39 Å². The van der Waals surface area contributed by atoms with Gasteiger partial charge in [-0.3, -0.25) is 14.5 Å². The fourth-order valence-electron chi connectivity index (χ4n) is 2.02. The lowest BCUT2D eigenvalue weighted by Crippen LogP contribution is -2.36. The zero-order valence-electron chi connectivity index (χ0n) is 12.2. The Balaban J connectivity index is 1.66. The molecule has 1 aliphatic rings. The highest BCUT2D eigenvalue weighted by Crippen LogP contribution is 2.32. The fraction of sp³-hybridized carbons (Fsp3) is 0.0625. The second-order valence-corrected chi connectivity index (χ2v) is 6.51. The maximum absolute atomic E-state index is 12.9. The molecular weight excluding hydrogens is 351 g/mol. The summed E-state index contributed by atoms with van der Waals surface area (Å²) in [6.45, 7) is -0.211. The number of thioether (sulfide) groups is 1. The monoisotopic (exact) mass is 362 g/mol. The van der Waals surface area contributed by atoms with E-state index in [9.17, 15) is 14.0 Å². The molecule has 1 N–H and O–H groups in total. The van der Waals surface area contributed by atoms with Gasteiger partial charge in [0.1, 0.15) is 22.4 Å². The Labute approximate surface area is 146 Å². The van der Waals surface area contributed by atoms with Crippen molar-refractivity contribution in [1.82, 2.24) is 4.90 Å². The van der Waals surface area contributed by atoms with E-state index < -0.39 is 11.7 Å². The second kappa shape index (κ2) is 6.98. The number of nitrogens with zero attached hydrogens (tertiary/aromatic N) is 1. The van der Waals surface area contributed by atoms with Crippen LogP contribution in [0.25, 0.3) is 6.08 Å². The van der Waals surface area contributed by atoms with E-state index in [1.54, 1.807) is 18.2 Å². The first-order valence-corrected chi connectivity index (χ1v) is 8.10. The number of hydrogen-bond donors (Lipinski definition) is 1. The van der Waals surface area contributed by atoms with E-state index in [0.29, 0.717) is 20.7 Å². The highest BCUT2D eigenvalue weighted by atomic mass is 32.2. The van der Waals surface area contributed by atoms with Gasteiger partial charge < -0.3 is 9.73 Å². The van der Waals surface area contributed by atoms with Crippen LogP contribution in [0, 0.1) is 5.82 Å². The average Bonchev–Trinajstić information content (AvgIpc) is 3.14. The van der Waals surface area contributed by atoms with Crippen LogP contribution in [0.15, 0.2) is 52.0 Å². The minimum Gasteiger partial charge on any atom is -0.465 e. The number of anilines is 1. The Kier molecular flexibility index (Phi) is 4.77. The highest BCUT2D eigenvalue weighted by molar-refractivity contribution is 8.26. The number of carbonyl (C=O) groups excluding carboxylic acids is 2. The van der Waals surface area contributed by atoms with Crippen molar-refractivity contribution < 1.29 is 18.4 Å². The Hall–Kier alpha value is -2.45. The van der Waals surface area contributed by atoms with Crippen molar-refractivity contribution in [2.75, 3.05) is 11.9 Å². The molecule has 3 rings (SSSR count). The standard InChI is InChI=1S/C16H11FN2O3S2/c17-10-3-5-11(6-4-10)18-14(20)9-19-15(21)13(24-16(19)23)8-12-2-1-7-22-12/h1-8H,9H2,(H,18,20)/b13-8-. The van der Waals surface area contributed by atoms with Crippen molar-refractivity contribution >= 4 is 51.9 Å². The number of rotatable bonds is 4. The number of halogens is 1. The third-order valence-corrected chi connectivity index (χ3v) is 4.50. The number of nitrogens with one attached hydrogen (secondary N) is 1. The summed E-state index contributed by atoms with van der Waals surface area (Å²) in [5.41, 5.74) is 0.443. The minimum atomic E-state index is -0.419. The first-order valence-electron chi connectivity index (χ1n) is 6.87. The average molecular weight is 362 g/mol. The van der Waals surface area contributed by atoms with Crippen molar-refractivity contribution in [2.24, 2.45) is 0 Å². The number of carbonyl (C=O) groups is 2. The summed E-state index contributed by atoms with van der Waals surface area (Å²) in [7, 11) is 0. The predicted molar refractivity (Wildman–Crippen MR) is 93.6 cm³/mol. The maximum Gasteiger partial charge on any atom is 0.266 e. The molecule has 24 heavy (non-hydrogen) atoms. The van der Waals surface area contributed by atoms with Crippen molar-refractivity contribution in [3.05, 3.63) is 59.1 Å². The molecule has 0 radical (unpaired) electrons. The largest absolute Gasteiger partial charge is 0.465 e. The predicted octanol–water partition coefficient (Wildman–Crippen LogP) is 3.26. The number of hydrogen-bond acceptors (Lipinski definition) is 5. The summed E-state index contributed by atoms with van der Waals surface area (Å²) in [6.07, 6.45) is 3.08. The molecule has 0 atom stereocenters. The molecule has 0 saturated carbocycles.